The molecule has 0 aromatic rings. The van der Waals surface area contributed by atoms with Gasteiger partial charge in [-0.05, 0) is 40.0 Å². The number of ether oxygens (including phenoxy) is 1. The number of hydrogen-bond acceptors (Lipinski definition) is 7. The summed E-state index contributed by atoms with van der Waals surface area (Å²) in [5, 5.41) is 9.09. The normalized spacial score (nSPS) is 16.3. The first kappa shape index (κ1) is 27.8. The van der Waals surface area contributed by atoms with Gasteiger partial charge >= 0.3 is 5.97 Å². The molecule has 0 N–H and O–H groups in total. The number of carbonyl (C=O) groups is 2. The molecular formula is C19H38N2O7S. The molecule has 1 fully saturated rings. The average molecular weight is 439 g/mol. The Labute approximate surface area is 175 Å². The van der Waals surface area contributed by atoms with Gasteiger partial charge in [-0.2, -0.15) is 0 Å². The Hall–Kier alpha value is -1.23. The summed E-state index contributed by atoms with van der Waals surface area (Å²) in [5.74, 6) is -0.205. The van der Waals surface area contributed by atoms with E-state index in [2.05, 4.69) is 32.4 Å². The summed E-state index contributed by atoms with van der Waals surface area (Å²) in [5.41, 5.74) is -0.561. The van der Waals surface area contributed by atoms with Crippen molar-refractivity contribution < 1.29 is 36.8 Å². The fourth-order valence-electron chi connectivity index (χ4n) is 2.86. The van der Waals surface area contributed by atoms with E-state index in [4.69, 9.17) is 9.99 Å². The van der Waals surface area contributed by atoms with Gasteiger partial charge in [0.05, 0.1) is 32.3 Å². The van der Waals surface area contributed by atoms with Crippen molar-refractivity contribution in [3.63, 3.8) is 0 Å². The van der Waals surface area contributed by atoms with Crippen molar-refractivity contribution in [2.75, 3.05) is 46.6 Å². The molecule has 29 heavy (non-hydrogen) atoms. The van der Waals surface area contributed by atoms with Gasteiger partial charge in [-0.1, -0.05) is 6.92 Å². The van der Waals surface area contributed by atoms with Gasteiger partial charge in [0.1, 0.15) is 13.2 Å². The summed E-state index contributed by atoms with van der Waals surface area (Å²) in [6.07, 6.45) is 3.12. The maximum Gasteiger partial charge on any atom is 0.311 e. The van der Waals surface area contributed by atoms with Gasteiger partial charge in [-0.25, -0.2) is 8.42 Å². The lowest BCUT2D eigenvalue weighted by atomic mass is 9.84. The van der Waals surface area contributed by atoms with Crippen LogP contribution in [0.25, 0.3) is 0 Å². The third kappa shape index (κ3) is 10.9. The van der Waals surface area contributed by atoms with Gasteiger partial charge in [0.2, 0.25) is 5.91 Å². The Morgan fingerprint density at radius 2 is 1.86 bits per heavy atom. The molecule has 10 heteroatoms. The molecule has 0 aliphatic carbocycles. The monoisotopic (exact) mass is 438 g/mol. The van der Waals surface area contributed by atoms with Crippen molar-refractivity contribution in [1.82, 2.24) is 4.90 Å². The van der Waals surface area contributed by atoms with E-state index >= 15 is 0 Å². The van der Waals surface area contributed by atoms with Crippen molar-refractivity contribution in [3.05, 3.63) is 0 Å². The van der Waals surface area contributed by atoms with Crippen LogP contribution < -0.4 is 5.26 Å². The predicted molar refractivity (Wildman–Crippen MR) is 108 cm³/mol. The minimum Gasteiger partial charge on any atom is -0.707 e. The topological polar surface area (TPSA) is 113 Å². The molecule has 1 atom stereocenters. The number of carbonyl (C=O) groups excluding carboxylic acids is 2. The number of likely N-dealkylation sites (tertiary alicyclic amines) is 1. The van der Waals surface area contributed by atoms with Crippen LogP contribution >= 0.6 is 0 Å². The molecule has 0 aromatic carbocycles. The van der Waals surface area contributed by atoms with Crippen LogP contribution in [0.1, 0.15) is 53.4 Å². The number of amides is 1. The van der Waals surface area contributed by atoms with Gasteiger partial charge in [0, 0.05) is 19.0 Å². The highest BCUT2D eigenvalue weighted by Crippen LogP contribution is 2.30. The second-order valence-corrected chi connectivity index (χ2v) is 10.7. The van der Waals surface area contributed by atoms with Crippen molar-refractivity contribution in [1.29, 1.82) is 0 Å². The van der Waals surface area contributed by atoms with Crippen LogP contribution in [0.5, 0.6) is 0 Å². The third-order valence-corrected chi connectivity index (χ3v) is 5.69. The summed E-state index contributed by atoms with van der Waals surface area (Å²) < 4.78 is 28.7. The van der Waals surface area contributed by atoms with Crippen molar-refractivity contribution in [2.45, 2.75) is 59.4 Å². The van der Waals surface area contributed by atoms with Gasteiger partial charge < -0.3 is 23.7 Å². The molecule has 1 unspecified atom stereocenters. The number of esters is 1. The molecule has 1 rings (SSSR count). The summed E-state index contributed by atoms with van der Waals surface area (Å²) >= 11 is 0. The SMILES string of the molecule is CCC(CC(C)(C)C(=O)OCC[N+](C)(C)C)N1CCCC1=O.CCS(=O)(=O)O[O-]. The highest BCUT2D eigenvalue weighted by molar-refractivity contribution is 7.86. The lowest BCUT2D eigenvalue weighted by Gasteiger charge is -2.33. The molecule has 172 valence electrons. The maximum atomic E-state index is 12.4. The van der Waals surface area contributed by atoms with Crippen molar-refractivity contribution in [3.8, 4) is 0 Å². The minimum atomic E-state index is -3.71. The Morgan fingerprint density at radius 3 is 2.21 bits per heavy atom. The molecule has 9 nitrogen and oxygen atoms in total. The highest BCUT2D eigenvalue weighted by Gasteiger charge is 2.36. The molecule has 0 aromatic heterocycles. The maximum absolute atomic E-state index is 12.4. The van der Waals surface area contributed by atoms with E-state index in [1.54, 1.807) is 0 Å². The highest BCUT2D eigenvalue weighted by atomic mass is 32.2. The fourth-order valence-corrected chi connectivity index (χ4v) is 2.95. The number of likely N-dealkylation sites (N-methyl/N-ethyl adjacent to an activating group) is 1. The van der Waals surface area contributed by atoms with Crippen molar-refractivity contribution in [2.24, 2.45) is 5.41 Å². The van der Waals surface area contributed by atoms with E-state index in [9.17, 15) is 18.0 Å². The van der Waals surface area contributed by atoms with Crippen LogP contribution in [0.3, 0.4) is 0 Å². The third-order valence-electron chi connectivity index (χ3n) is 4.77. The lowest BCUT2D eigenvalue weighted by molar-refractivity contribution is -0.870. The van der Waals surface area contributed by atoms with E-state index in [0.717, 1.165) is 30.4 Å². The Morgan fingerprint density at radius 1 is 1.28 bits per heavy atom. The predicted octanol–water partition coefficient (Wildman–Crippen LogP) is 0.681. The van der Waals surface area contributed by atoms with Gasteiger partial charge in [-0.3, -0.25) is 9.59 Å². The molecule has 1 aliphatic rings. The van der Waals surface area contributed by atoms with E-state index in [1.807, 2.05) is 18.7 Å². The molecule has 1 aliphatic heterocycles. The number of rotatable bonds is 10. The molecular weight excluding hydrogens is 400 g/mol. The molecule has 0 bridgehead atoms. The Kier molecular flexibility index (Phi) is 11.3. The zero-order valence-electron chi connectivity index (χ0n) is 18.9. The summed E-state index contributed by atoms with van der Waals surface area (Å²) in [6, 6.07) is 0.135. The molecule has 0 spiro atoms. The summed E-state index contributed by atoms with van der Waals surface area (Å²) in [7, 11) is 2.51. The van der Waals surface area contributed by atoms with Crippen LogP contribution in [0.2, 0.25) is 0 Å². The lowest BCUT2D eigenvalue weighted by Crippen LogP contribution is -2.42. The zero-order valence-corrected chi connectivity index (χ0v) is 19.7. The van der Waals surface area contributed by atoms with Gasteiger partial charge in [-0.15, -0.1) is 0 Å². The summed E-state index contributed by atoms with van der Waals surface area (Å²) in [4.78, 5) is 26.2. The molecule has 0 radical (unpaired) electrons. The largest absolute Gasteiger partial charge is 0.707 e. The standard InChI is InChI=1S/C17H33N2O3.C2H6O4S/c1-7-14(18-10-8-9-15(18)20)13-17(2,3)16(21)22-12-11-19(4,5)6;1-2-7(4,5)6-3/h14H,7-13H2,1-6H3;3H,2H2,1H3/q+1;/p-1. The molecule has 1 saturated heterocycles. The van der Waals surface area contributed by atoms with Gasteiger partial charge in [0.15, 0.2) is 0 Å². The summed E-state index contributed by atoms with van der Waals surface area (Å²) in [6.45, 7) is 9.30. The number of nitrogens with zero attached hydrogens (tertiary/aromatic N) is 2. The Balaban J connectivity index is 0.000000956. The van der Waals surface area contributed by atoms with E-state index in [0.29, 0.717) is 19.4 Å². The second kappa shape index (κ2) is 11.8. The number of quaternary nitrogens is 1. The van der Waals surface area contributed by atoms with Crippen molar-refractivity contribution >= 4 is 22.0 Å². The van der Waals surface area contributed by atoms with Crippen LogP contribution in [-0.4, -0.2) is 82.3 Å². The van der Waals surface area contributed by atoms with E-state index in [-0.39, 0.29) is 23.7 Å². The second-order valence-electron chi connectivity index (χ2n) is 8.91. The number of hydrogen-bond donors (Lipinski definition) is 0. The first-order valence-corrected chi connectivity index (χ1v) is 11.6. The fraction of sp³-hybridized carbons (Fsp3) is 0.895. The van der Waals surface area contributed by atoms with Crippen LogP contribution in [0.15, 0.2) is 0 Å². The van der Waals surface area contributed by atoms with E-state index in [1.165, 1.54) is 6.92 Å². The Bertz CT molecular complexity index is 617. The van der Waals surface area contributed by atoms with Crippen LogP contribution in [0, 0.1) is 5.41 Å². The quantitative estimate of drug-likeness (QED) is 0.213. The van der Waals surface area contributed by atoms with Crippen LogP contribution in [0.4, 0.5) is 0 Å². The smallest absolute Gasteiger partial charge is 0.311 e. The average Bonchev–Trinajstić information content (AvgIpc) is 3.05. The first-order valence-electron chi connectivity index (χ1n) is 10.0. The molecule has 1 amide bonds. The molecule has 1 heterocycles. The molecule has 0 saturated carbocycles. The van der Waals surface area contributed by atoms with Crippen LogP contribution in [-0.2, 0) is 28.8 Å². The van der Waals surface area contributed by atoms with E-state index < -0.39 is 15.5 Å². The van der Waals surface area contributed by atoms with Gasteiger partial charge in [0.25, 0.3) is 10.1 Å². The zero-order chi connectivity index (χ0) is 22.9. The minimum absolute atomic E-state index is 0.135. The first-order chi connectivity index (χ1) is 13.2.